The molecular formula is C19H19ClN2O2S. The van der Waals surface area contributed by atoms with Crippen molar-refractivity contribution < 1.29 is 8.42 Å². The Labute approximate surface area is 152 Å². The average Bonchev–Trinajstić information content (AvgIpc) is 2.93. The molecule has 2 aromatic carbocycles. The van der Waals surface area contributed by atoms with Crippen molar-refractivity contribution in [2.45, 2.75) is 18.7 Å². The van der Waals surface area contributed by atoms with Crippen LogP contribution in [0, 0.1) is 0 Å². The molecule has 1 heterocycles. The molecule has 3 rings (SSSR count). The van der Waals surface area contributed by atoms with Crippen LogP contribution >= 0.6 is 11.6 Å². The Morgan fingerprint density at radius 2 is 1.88 bits per heavy atom. The Hall–Kier alpha value is -2.11. The minimum atomic E-state index is -3.39. The van der Waals surface area contributed by atoms with Crippen molar-refractivity contribution >= 4 is 38.3 Å². The van der Waals surface area contributed by atoms with E-state index in [2.05, 4.69) is 4.98 Å². The second-order valence-corrected chi connectivity index (χ2v) is 8.74. The summed E-state index contributed by atoms with van der Waals surface area (Å²) in [5.41, 5.74) is 1.42. The van der Waals surface area contributed by atoms with Crippen LogP contribution < -0.4 is 0 Å². The molecule has 0 aliphatic heterocycles. The molecule has 0 aliphatic carbocycles. The van der Waals surface area contributed by atoms with E-state index in [0.29, 0.717) is 21.3 Å². The maximum atomic E-state index is 12.7. The highest BCUT2D eigenvalue weighted by atomic mass is 35.5. The zero-order chi connectivity index (χ0) is 18.2. The van der Waals surface area contributed by atoms with E-state index in [4.69, 9.17) is 11.6 Å². The van der Waals surface area contributed by atoms with E-state index in [1.807, 2.05) is 41.9 Å². The Morgan fingerprint density at radius 3 is 2.48 bits per heavy atom. The van der Waals surface area contributed by atoms with Gasteiger partial charge in [-0.2, -0.15) is 0 Å². The molecule has 0 radical (unpaired) electrons. The zero-order valence-corrected chi connectivity index (χ0v) is 15.9. The lowest BCUT2D eigenvalue weighted by atomic mass is 10.1. The highest BCUT2D eigenvalue weighted by Gasteiger charge is 2.21. The van der Waals surface area contributed by atoms with Crippen molar-refractivity contribution in [3.8, 4) is 11.4 Å². The molecule has 25 heavy (non-hydrogen) atoms. The number of sulfone groups is 1. The fourth-order valence-electron chi connectivity index (χ4n) is 2.82. The van der Waals surface area contributed by atoms with Crippen LogP contribution in [0.5, 0.6) is 0 Å². The third-order valence-corrected chi connectivity index (χ3v) is 6.05. The molecule has 0 bridgehead atoms. The number of halogens is 1. The second-order valence-electron chi connectivity index (χ2n) is 5.90. The summed E-state index contributed by atoms with van der Waals surface area (Å²) < 4.78 is 27.2. The lowest BCUT2D eigenvalue weighted by Gasteiger charge is -2.12. The first kappa shape index (κ1) is 17.7. The molecule has 0 unspecified atom stereocenters. The van der Waals surface area contributed by atoms with Gasteiger partial charge in [-0.3, -0.25) is 0 Å². The summed E-state index contributed by atoms with van der Waals surface area (Å²) in [5.74, 6) is 0.637. The van der Waals surface area contributed by atoms with Gasteiger partial charge in [-0.1, -0.05) is 42.8 Å². The highest BCUT2D eigenvalue weighted by Crippen LogP contribution is 2.32. The van der Waals surface area contributed by atoms with Gasteiger partial charge < -0.3 is 4.57 Å². The lowest BCUT2D eigenvalue weighted by Crippen LogP contribution is -2.07. The number of rotatable bonds is 4. The minimum absolute atomic E-state index is 0.0380. The van der Waals surface area contributed by atoms with Crippen LogP contribution in [0.3, 0.4) is 0 Å². The van der Waals surface area contributed by atoms with Gasteiger partial charge >= 0.3 is 0 Å². The van der Waals surface area contributed by atoms with Crippen molar-refractivity contribution in [2.75, 3.05) is 5.75 Å². The van der Waals surface area contributed by atoms with E-state index < -0.39 is 9.84 Å². The predicted molar refractivity (Wildman–Crippen MR) is 103 cm³/mol. The summed E-state index contributed by atoms with van der Waals surface area (Å²) in [7, 11) is -1.54. The largest absolute Gasteiger partial charge is 0.328 e. The first-order valence-corrected chi connectivity index (χ1v) is 9.98. The van der Waals surface area contributed by atoms with Gasteiger partial charge in [-0.25, -0.2) is 13.4 Å². The molecule has 0 saturated carbocycles. The predicted octanol–water partition coefficient (Wildman–Crippen LogP) is 4.63. The van der Waals surface area contributed by atoms with Gasteiger partial charge in [0.15, 0.2) is 9.84 Å². The Bertz CT molecular complexity index is 1080. The third kappa shape index (κ3) is 3.34. The second kappa shape index (κ2) is 6.65. The van der Waals surface area contributed by atoms with E-state index in [9.17, 15) is 8.42 Å². The van der Waals surface area contributed by atoms with Gasteiger partial charge in [-0.05, 0) is 35.9 Å². The number of hydrogen-bond acceptors (Lipinski definition) is 3. The van der Waals surface area contributed by atoms with Crippen molar-refractivity contribution in [1.82, 2.24) is 9.55 Å². The summed E-state index contributed by atoms with van der Waals surface area (Å²) in [5, 5.41) is 2.50. The number of aromatic nitrogens is 2. The molecule has 130 valence electrons. The number of imidazole rings is 1. The first-order chi connectivity index (χ1) is 11.8. The van der Waals surface area contributed by atoms with E-state index in [1.165, 1.54) is 0 Å². The fraction of sp³-hybridized carbons (Fsp3) is 0.211. The summed E-state index contributed by atoms with van der Waals surface area (Å²) in [6.07, 6.45) is 3.49. The third-order valence-electron chi connectivity index (χ3n) is 4.17. The molecule has 4 nitrogen and oxygen atoms in total. The molecule has 0 N–H and O–H groups in total. The SMILES string of the molecule is CCS(=O)(=O)c1cc2ccccc2cc1-c1ncc(C=C(C)Cl)n1C. The van der Waals surface area contributed by atoms with Crippen molar-refractivity contribution in [2.24, 2.45) is 7.05 Å². The summed E-state index contributed by atoms with van der Waals surface area (Å²) in [6.45, 7) is 3.44. The maximum Gasteiger partial charge on any atom is 0.178 e. The number of fused-ring (bicyclic) bond motifs is 1. The Kier molecular flexibility index (Phi) is 4.71. The average molecular weight is 375 g/mol. The Morgan fingerprint density at radius 1 is 1.24 bits per heavy atom. The molecule has 3 aromatic rings. The molecule has 0 atom stereocenters. The standard InChI is InChI=1S/C19H19ClN2O2S/c1-4-25(23,24)18-11-15-8-6-5-7-14(15)10-17(18)19-21-12-16(22(19)3)9-13(2)20/h5-12H,4H2,1-3H3. The summed E-state index contributed by atoms with van der Waals surface area (Å²) >= 11 is 5.97. The number of hydrogen-bond donors (Lipinski definition) is 0. The highest BCUT2D eigenvalue weighted by molar-refractivity contribution is 7.91. The van der Waals surface area contributed by atoms with E-state index in [0.717, 1.165) is 16.5 Å². The summed E-state index contributed by atoms with van der Waals surface area (Å²) in [4.78, 5) is 4.76. The topological polar surface area (TPSA) is 52.0 Å². The molecule has 6 heteroatoms. The van der Waals surface area contributed by atoms with Crippen LogP contribution in [0.2, 0.25) is 0 Å². The minimum Gasteiger partial charge on any atom is -0.328 e. The number of nitrogens with zero attached hydrogens (tertiary/aromatic N) is 2. The van der Waals surface area contributed by atoms with Crippen LogP contribution in [-0.2, 0) is 16.9 Å². The van der Waals surface area contributed by atoms with Crippen LogP contribution in [0.1, 0.15) is 19.5 Å². The van der Waals surface area contributed by atoms with Gasteiger partial charge in [0.05, 0.1) is 22.5 Å². The maximum absolute atomic E-state index is 12.7. The molecule has 0 aliphatic rings. The lowest BCUT2D eigenvalue weighted by molar-refractivity contribution is 0.597. The monoisotopic (exact) mass is 374 g/mol. The van der Waals surface area contributed by atoms with Gasteiger partial charge in [0.25, 0.3) is 0 Å². The van der Waals surface area contributed by atoms with E-state index in [1.54, 1.807) is 32.2 Å². The molecule has 0 amide bonds. The molecule has 1 aromatic heterocycles. The van der Waals surface area contributed by atoms with Crippen LogP contribution in [0.4, 0.5) is 0 Å². The molecular weight excluding hydrogens is 356 g/mol. The van der Waals surface area contributed by atoms with E-state index in [-0.39, 0.29) is 5.75 Å². The van der Waals surface area contributed by atoms with Crippen molar-refractivity contribution in [3.05, 3.63) is 53.3 Å². The van der Waals surface area contributed by atoms with Gasteiger partial charge in [0.1, 0.15) is 5.82 Å². The molecule has 0 saturated heterocycles. The normalized spacial score (nSPS) is 12.7. The van der Waals surface area contributed by atoms with Crippen LogP contribution in [0.25, 0.3) is 28.2 Å². The Balaban J connectivity index is 2.33. The van der Waals surface area contributed by atoms with Crippen LogP contribution in [-0.4, -0.2) is 23.7 Å². The van der Waals surface area contributed by atoms with Gasteiger partial charge in [-0.15, -0.1) is 0 Å². The summed E-state index contributed by atoms with van der Waals surface area (Å²) in [6, 6.07) is 11.3. The van der Waals surface area contributed by atoms with E-state index >= 15 is 0 Å². The zero-order valence-electron chi connectivity index (χ0n) is 14.3. The van der Waals surface area contributed by atoms with Crippen LogP contribution in [0.15, 0.2) is 52.5 Å². The van der Waals surface area contributed by atoms with Crippen molar-refractivity contribution in [1.29, 1.82) is 0 Å². The van der Waals surface area contributed by atoms with Gasteiger partial charge in [0.2, 0.25) is 0 Å². The number of allylic oxidation sites excluding steroid dienone is 1. The van der Waals surface area contributed by atoms with Gasteiger partial charge in [0, 0.05) is 17.6 Å². The quantitative estimate of drug-likeness (QED) is 0.668. The van der Waals surface area contributed by atoms with Crippen molar-refractivity contribution in [3.63, 3.8) is 0 Å². The molecule has 0 fully saturated rings. The smallest absolute Gasteiger partial charge is 0.178 e. The molecule has 0 spiro atoms. The first-order valence-electron chi connectivity index (χ1n) is 7.95. The number of benzene rings is 2. The fourth-order valence-corrected chi connectivity index (χ4v) is 4.03.